The van der Waals surface area contributed by atoms with E-state index in [9.17, 15) is 0 Å². The van der Waals surface area contributed by atoms with Crippen molar-refractivity contribution in [3.8, 4) is 66.8 Å². The van der Waals surface area contributed by atoms with Gasteiger partial charge in [0, 0.05) is 28.9 Å². The van der Waals surface area contributed by atoms with Crippen LogP contribution >= 0.6 is 11.6 Å². The standard InChI is InChI=1S/C38H33BO2.C32H21Cl.B2.B/c1-37(2)38(3,4)41-39(40-37)30-24-22-29(23-25-30)36-34-17-11-9-15-32(34)31-14-8-10-16-33(31)35(36)28-20-18-27(19-21-28)26-12-6-5-7-13-26;33-26-20-18-25(19-21-26)32-30-13-7-5-11-28(30)27-10-4-6-12-29(27)31(32)24-16-14-23(15-17-24)22-8-2-1-3-9-22;1-2;/h5-25H,1-4H3;1-21H;;. The first kappa shape index (κ1) is 52.6. The molecule has 0 N–H and O–H groups in total. The second-order valence-electron chi connectivity index (χ2n) is 20.3. The van der Waals surface area contributed by atoms with E-state index in [-0.39, 0.29) is 26.7 Å². The topological polar surface area (TPSA) is 18.5 Å². The molecule has 0 amide bonds. The Labute approximate surface area is 463 Å². The Kier molecular flexibility index (Phi) is 15.3. The number of hydrogen-bond donors (Lipinski definition) is 0. The molecule has 0 aromatic heterocycles. The third-order valence-corrected chi connectivity index (χ3v) is 15.5. The van der Waals surface area contributed by atoms with Gasteiger partial charge in [0.05, 0.1) is 11.2 Å². The monoisotopic (exact) mass is 1010 g/mol. The number of rotatable bonds is 7. The van der Waals surface area contributed by atoms with Gasteiger partial charge in [-0.15, -0.1) is 0 Å². The van der Waals surface area contributed by atoms with Crippen LogP contribution < -0.4 is 5.46 Å². The van der Waals surface area contributed by atoms with Crippen molar-refractivity contribution in [1.82, 2.24) is 0 Å². The van der Waals surface area contributed by atoms with E-state index in [1.807, 2.05) is 12.1 Å². The van der Waals surface area contributed by atoms with Crippen LogP contribution in [0.3, 0.4) is 0 Å². The van der Waals surface area contributed by atoms with Gasteiger partial charge >= 0.3 is 7.12 Å². The summed E-state index contributed by atoms with van der Waals surface area (Å²) in [5, 5.41) is 10.8. The number of benzene rings is 12. The van der Waals surface area contributed by atoms with Gasteiger partial charge in [0.2, 0.25) is 0 Å². The van der Waals surface area contributed by atoms with Crippen LogP contribution in [-0.4, -0.2) is 42.2 Å². The maximum absolute atomic E-state index is 6.34. The molecule has 2 nitrogen and oxygen atoms in total. The lowest BCUT2D eigenvalue weighted by molar-refractivity contribution is 0.00578. The van der Waals surface area contributed by atoms with Gasteiger partial charge in [-0.3, -0.25) is 0 Å². The van der Waals surface area contributed by atoms with Crippen molar-refractivity contribution in [3.05, 3.63) is 260 Å². The number of hydrogen-bond acceptors (Lipinski definition) is 2. The van der Waals surface area contributed by atoms with E-state index in [0.717, 1.165) is 10.5 Å². The Morgan fingerprint density at radius 3 is 0.805 bits per heavy atom. The molecule has 12 aromatic carbocycles. The van der Waals surface area contributed by atoms with Crippen LogP contribution in [0.2, 0.25) is 5.02 Å². The lowest BCUT2D eigenvalue weighted by Gasteiger charge is -2.32. The quantitative estimate of drug-likeness (QED) is 0.117. The summed E-state index contributed by atoms with van der Waals surface area (Å²) in [6.45, 7) is 8.38. The van der Waals surface area contributed by atoms with Crippen molar-refractivity contribution >= 4 is 91.2 Å². The minimum absolute atomic E-state index is 0. The van der Waals surface area contributed by atoms with Crippen LogP contribution in [0.4, 0.5) is 0 Å². The first-order chi connectivity index (χ1) is 37.1. The van der Waals surface area contributed by atoms with Gasteiger partial charge in [-0.05, 0) is 155 Å². The number of fused-ring (bicyclic) bond motifs is 6. The summed E-state index contributed by atoms with van der Waals surface area (Å²) in [7, 11) is 7.62. The van der Waals surface area contributed by atoms with Crippen LogP contribution in [0.15, 0.2) is 255 Å². The first-order valence-electron chi connectivity index (χ1n) is 25.9. The molecule has 0 unspecified atom stereocenters. The largest absolute Gasteiger partial charge is 0.494 e. The minimum atomic E-state index is -0.382. The van der Waals surface area contributed by atoms with Crippen molar-refractivity contribution in [1.29, 1.82) is 0 Å². The molecule has 0 saturated carbocycles. The van der Waals surface area contributed by atoms with E-state index in [4.69, 9.17) is 20.9 Å². The zero-order valence-electron chi connectivity index (χ0n) is 43.8. The molecular weight excluding hydrogens is 951 g/mol. The average molecular weight is 1010 g/mol. The Balaban J connectivity index is 0.000000171. The van der Waals surface area contributed by atoms with Crippen molar-refractivity contribution in [2.45, 2.75) is 38.9 Å². The van der Waals surface area contributed by atoms with Gasteiger partial charge in [-0.2, -0.15) is 0 Å². The molecule has 0 aliphatic carbocycles. The van der Waals surface area contributed by atoms with Crippen molar-refractivity contribution in [2.75, 3.05) is 0 Å². The summed E-state index contributed by atoms with van der Waals surface area (Å²) in [6, 6.07) is 90.9. The third kappa shape index (κ3) is 10.2. The summed E-state index contributed by atoms with van der Waals surface area (Å²) in [5.74, 6) is 0. The predicted molar refractivity (Wildman–Crippen MR) is 334 cm³/mol. The summed E-state index contributed by atoms with van der Waals surface area (Å²) in [4.78, 5) is 0. The van der Waals surface area contributed by atoms with Gasteiger partial charge in [-0.25, -0.2) is 0 Å². The van der Waals surface area contributed by atoms with E-state index < -0.39 is 0 Å². The zero-order valence-corrected chi connectivity index (χ0v) is 44.5. The van der Waals surface area contributed by atoms with Gasteiger partial charge in [0.15, 0.2) is 0 Å². The Morgan fingerprint density at radius 2 is 0.506 bits per heavy atom. The Bertz CT molecular complexity index is 3980. The molecule has 77 heavy (non-hydrogen) atoms. The molecule has 0 spiro atoms. The van der Waals surface area contributed by atoms with Crippen LogP contribution in [0.25, 0.3) is 110 Å². The van der Waals surface area contributed by atoms with Crippen molar-refractivity contribution < 1.29 is 9.31 Å². The summed E-state index contributed by atoms with van der Waals surface area (Å²) in [6.07, 6.45) is 0. The summed E-state index contributed by atoms with van der Waals surface area (Å²) >= 11 is 6.24. The molecule has 365 valence electrons. The fraction of sp³-hybridized carbons (Fsp3) is 0.0857. The van der Waals surface area contributed by atoms with Crippen LogP contribution in [0, 0.1) is 0 Å². The fourth-order valence-corrected chi connectivity index (χ4v) is 10.9. The van der Waals surface area contributed by atoms with E-state index in [1.165, 1.54) is 110 Å². The maximum atomic E-state index is 6.34. The Morgan fingerprint density at radius 1 is 0.286 bits per heavy atom. The molecule has 12 aromatic rings. The van der Waals surface area contributed by atoms with Crippen LogP contribution in [0.1, 0.15) is 27.7 Å². The van der Waals surface area contributed by atoms with E-state index in [2.05, 4.69) is 286 Å². The fourth-order valence-electron chi connectivity index (χ4n) is 10.8. The summed E-state index contributed by atoms with van der Waals surface area (Å²) in [5.41, 5.74) is 14.9. The molecular formula is C70H54B4ClO2. The van der Waals surface area contributed by atoms with Gasteiger partial charge in [-0.1, -0.05) is 254 Å². The molecule has 1 heterocycles. The van der Waals surface area contributed by atoms with Crippen LogP contribution in [0.5, 0.6) is 0 Å². The average Bonchev–Trinajstić information content (AvgIpc) is 3.84. The first-order valence-corrected chi connectivity index (χ1v) is 26.2. The minimum Gasteiger partial charge on any atom is -0.399 e. The molecule has 1 saturated heterocycles. The maximum Gasteiger partial charge on any atom is 0.494 e. The second-order valence-corrected chi connectivity index (χ2v) is 20.7. The lowest BCUT2D eigenvalue weighted by Crippen LogP contribution is -2.41. The zero-order chi connectivity index (χ0) is 52.4. The lowest BCUT2D eigenvalue weighted by atomic mass is 9.77. The third-order valence-electron chi connectivity index (χ3n) is 15.3. The molecule has 7 heteroatoms. The normalized spacial score (nSPS) is 13.3. The molecule has 1 aliphatic rings. The van der Waals surface area contributed by atoms with E-state index in [0.29, 0.717) is 0 Å². The predicted octanol–water partition coefficient (Wildman–Crippen LogP) is 17.8. The molecule has 0 bridgehead atoms. The molecule has 13 rings (SSSR count). The van der Waals surface area contributed by atoms with Crippen molar-refractivity contribution in [2.24, 2.45) is 0 Å². The highest BCUT2D eigenvalue weighted by molar-refractivity contribution is 6.75. The highest BCUT2D eigenvalue weighted by atomic mass is 35.5. The molecule has 1 fully saturated rings. The molecule has 1 aliphatic heterocycles. The van der Waals surface area contributed by atoms with Crippen LogP contribution in [-0.2, 0) is 9.31 Å². The number of halogens is 1. The highest BCUT2D eigenvalue weighted by Gasteiger charge is 2.51. The van der Waals surface area contributed by atoms with E-state index in [1.54, 1.807) is 0 Å². The Hall–Kier alpha value is -7.85. The van der Waals surface area contributed by atoms with Gasteiger partial charge in [0.25, 0.3) is 0 Å². The smallest absolute Gasteiger partial charge is 0.399 e. The van der Waals surface area contributed by atoms with Gasteiger partial charge in [0.1, 0.15) is 0 Å². The SMILES string of the molecule is CC1(C)OB(c2ccc(-c3c(-c4ccc(-c5ccccc5)cc4)c4ccccc4c4ccccc34)cc2)OC1(C)C.Clc1ccc(-c2c(-c3ccc(-c4ccccc4)cc3)c3ccccc3c3ccccc23)cc1.[B].[B][B]. The molecule has 0 atom stereocenters. The molecule has 7 radical (unpaired) electrons. The van der Waals surface area contributed by atoms with Crippen molar-refractivity contribution in [3.63, 3.8) is 0 Å². The van der Waals surface area contributed by atoms with E-state index >= 15 is 0 Å². The summed E-state index contributed by atoms with van der Waals surface area (Å²) < 4.78 is 12.7. The second kappa shape index (κ2) is 22.4. The highest BCUT2D eigenvalue weighted by Crippen LogP contribution is 2.47. The van der Waals surface area contributed by atoms with Gasteiger partial charge < -0.3 is 9.31 Å².